The number of alkyl halides is 6. The third-order valence-electron chi connectivity index (χ3n) is 5.99. The van der Waals surface area contributed by atoms with E-state index >= 15 is 0 Å². The summed E-state index contributed by atoms with van der Waals surface area (Å²) in [7, 11) is 0. The fourth-order valence-corrected chi connectivity index (χ4v) is 4.17. The van der Waals surface area contributed by atoms with Gasteiger partial charge in [0.1, 0.15) is 23.7 Å². The number of nitrogens with zero attached hydrogens (tertiary/aromatic N) is 3. The predicted octanol–water partition coefficient (Wildman–Crippen LogP) is 7.46. The van der Waals surface area contributed by atoms with Gasteiger partial charge in [0.2, 0.25) is 0 Å². The van der Waals surface area contributed by atoms with Gasteiger partial charge in [-0.25, -0.2) is 8.78 Å². The second-order valence-electron chi connectivity index (χ2n) is 8.66. The number of aromatic nitrogens is 2. The lowest BCUT2D eigenvalue weighted by Gasteiger charge is -2.19. The summed E-state index contributed by atoms with van der Waals surface area (Å²) < 4.78 is 109. The first kappa shape index (κ1) is 29.5. The number of anilines is 1. The third-order valence-corrected chi connectivity index (χ3v) is 6.32. The molecule has 3 aromatic carbocycles. The Hall–Kier alpha value is -4.51. The Kier molecular flexibility index (Phi) is 7.53. The molecular weight excluding hydrogens is 588 g/mol. The Morgan fingerprint density at radius 2 is 1.71 bits per heavy atom. The van der Waals surface area contributed by atoms with Crippen LogP contribution in [0, 0.1) is 23.0 Å². The van der Waals surface area contributed by atoms with Gasteiger partial charge in [-0.3, -0.25) is 14.3 Å². The number of carbonyl (C=O) groups is 2. The summed E-state index contributed by atoms with van der Waals surface area (Å²) in [4.78, 5) is 26.6. The first-order valence-corrected chi connectivity index (χ1v) is 11.6. The number of hydrogen-bond acceptors (Lipinski definition) is 4. The Labute approximate surface area is 229 Å². The topological polar surface area (TPSA) is 87.8 Å². The molecule has 4 rings (SSSR count). The van der Waals surface area contributed by atoms with Crippen molar-refractivity contribution in [3.05, 3.63) is 93.1 Å². The van der Waals surface area contributed by atoms with Gasteiger partial charge < -0.3 is 5.32 Å². The van der Waals surface area contributed by atoms with Gasteiger partial charge in [0.15, 0.2) is 5.78 Å². The maximum Gasteiger partial charge on any atom is 0.416 e. The fraction of sp³-hybridized carbons (Fsp3) is 0.154. The van der Waals surface area contributed by atoms with Crippen LogP contribution in [0.1, 0.15) is 50.4 Å². The lowest BCUT2D eigenvalue weighted by atomic mass is 9.94. The molecule has 0 aliphatic carbocycles. The van der Waals surface area contributed by atoms with Crippen molar-refractivity contribution in [2.24, 2.45) is 0 Å². The smallest absolute Gasteiger partial charge is 0.321 e. The van der Waals surface area contributed by atoms with E-state index in [2.05, 4.69) is 10.4 Å². The highest BCUT2D eigenvalue weighted by atomic mass is 35.5. The molecule has 1 aromatic heterocycles. The highest BCUT2D eigenvalue weighted by Gasteiger charge is 2.39. The Balaban J connectivity index is 1.98. The van der Waals surface area contributed by atoms with E-state index in [1.54, 1.807) is 6.07 Å². The van der Waals surface area contributed by atoms with Crippen LogP contribution in [0.3, 0.4) is 0 Å². The second-order valence-corrected chi connectivity index (χ2v) is 9.07. The van der Waals surface area contributed by atoms with Crippen LogP contribution in [-0.2, 0) is 6.18 Å². The van der Waals surface area contributed by atoms with Crippen molar-refractivity contribution in [3.8, 4) is 6.07 Å². The number of ketones is 1. The zero-order valence-corrected chi connectivity index (χ0v) is 21.0. The SMILES string of the molecule is CC(n1ncc2c(C#N)c(C(=O)c3cc(F)ccc3Cl)c(NC(=O)c3cc(F)cc(C(F)(F)F)c3)cc21)C(F)(F)F. The van der Waals surface area contributed by atoms with Crippen molar-refractivity contribution in [3.63, 3.8) is 0 Å². The largest absolute Gasteiger partial charge is 0.416 e. The number of benzene rings is 3. The zero-order chi connectivity index (χ0) is 30.4. The number of hydrogen-bond donors (Lipinski definition) is 1. The van der Waals surface area contributed by atoms with E-state index in [1.165, 1.54) is 0 Å². The van der Waals surface area contributed by atoms with Crippen LogP contribution < -0.4 is 5.32 Å². The number of carbonyl (C=O) groups excluding carboxylic acids is 2. The molecule has 212 valence electrons. The van der Waals surface area contributed by atoms with E-state index in [4.69, 9.17) is 11.6 Å². The van der Waals surface area contributed by atoms with Crippen LogP contribution in [0.2, 0.25) is 5.02 Å². The normalized spacial score (nSPS) is 12.7. The minimum absolute atomic E-state index is 0.134. The number of amides is 1. The standard InChI is InChI=1S/C26H13ClF8N4O2/c1-11(25(30,31)32)39-21-8-20(38-24(41)12-4-13(26(33,34)35)6-15(29)5-12)22(17(9-36)18(21)10-37-39)23(40)16-7-14(28)2-3-19(16)27/h2-8,10-11H,1H3,(H,38,41). The molecule has 6 nitrogen and oxygen atoms in total. The highest BCUT2D eigenvalue weighted by Crippen LogP contribution is 2.37. The summed E-state index contributed by atoms with van der Waals surface area (Å²) in [5.74, 6) is -4.92. The minimum Gasteiger partial charge on any atom is -0.321 e. The monoisotopic (exact) mass is 600 g/mol. The molecule has 15 heteroatoms. The zero-order valence-electron chi connectivity index (χ0n) is 20.3. The van der Waals surface area contributed by atoms with E-state index in [0.29, 0.717) is 22.9 Å². The summed E-state index contributed by atoms with van der Waals surface area (Å²) in [5.41, 5.74) is -5.20. The van der Waals surface area contributed by atoms with Gasteiger partial charge >= 0.3 is 12.4 Å². The summed E-state index contributed by atoms with van der Waals surface area (Å²) in [5, 5.41) is 15.1. The Morgan fingerprint density at radius 1 is 1.02 bits per heavy atom. The molecule has 1 amide bonds. The number of halogens is 9. The molecule has 0 saturated heterocycles. The summed E-state index contributed by atoms with van der Waals surface area (Å²) in [6.07, 6.45) is -9.00. The van der Waals surface area contributed by atoms with Crippen LogP contribution in [0.25, 0.3) is 10.9 Å². The van der Waals surface area contributed by atoms with Crippen LogP contribution in [-0.4, -0.2) is 27.6 Å². The van der Waals surface area contributed by atoms with Crippen molar-refractivity contribution in [1.29, 1.82) is 5.26 Å². The number of nitrogens with one attached hydrogen (secondary N) is 1. The Morgan fingerprint density at radius 3 is 2.32 bits per heavy atom. The van der Waals surface area contributed by atoms with Gasteiger partial charge in [0.25, 0.3) is 5.91 Å². The number of nitriles is 1. The molecule has 1 N–H and O–H groups in total. The molecule has 1 unspecified atom stereocenters. The number of rotatable bonds is 5. The molecule has 0 fully saturated rings. The van der Waals surface area contributed by atoms with Gasteiger partial charge in [-0.1, -0.05) is 11.6 Å². The first-order valence-electron chi connectivity index (χ1n) is 11.2. The third kappa shape index (κ3) is 5.71. The van der Waals surface area contributed by atoms with E-state index < -0.39 is 80.7 Å². The average molecular weight is 601 g/mol. The van der Waals surface area contributed by atoms with E-state index in [-0.39, 0.29) is 16.5 Å². The van der Waals surface area contributed by atoms with Gasteiger partial charge in [0.05, 0.1) is 39.1 Å². The summed E-state index contributed by atoms with van der Waals surface area (Å²) >= 11 is 6.03. The summed E-state index contributed by atoms with van der Waals surface area (Å²) in [6.45, 7) is 0.744. The number of fused-ring (bicyclic) bond motifs is 1. The molecule has 1 heterocycles. The highest BCUT2D eigenvalue weighted by molar-refractivity contribution is 6.35. The fourth-order valence-electron chi connectivity index (χ4n) is 3.97. The van der Waals surface area contributed by atoms with Crippen molar-refractivity contribution in [1.82, 2.24) is 9.78 Å². The van der Waals surface area contributed by atoms with E-state index in [9.17, 15) is 50.0 Å². The average Bonchev–Trinajstić information content (AvgIpc) is 3.30. The molecule has 0 spiro atoms. The van der Waals surface area contributed by atoms with Crippen LogP contribution >= 0.6 is 11.6 Å². The molecule has 0 aliphatic heterocycles. The molecule has 41 heavy (non-hydrogen) atoms. The van der Waals surface area contributed by atoms with E-state index in [0.717, 1.165) is 31.3 Å². The minimum atomic E-state index is -5.04. The van der Waals surface area contributed by atoms with Gasteiger partial charge in [-0.05, 0) is 49.4 Å². The van der Waals surface area contributed by atoms with Crippen LogP contribution in [0.4, 0.5) is 40.8 Å². The van der Waals surface area contributed by atoms with Gasteiger partial charge in [-0.15, -0.1) is 0 Å². The molecule has 0 bridgehead atoms. The van der Waals surface area contributed by atoms with Crippen LogP contribution in [0.5, 0.6) is 0 Å². The van der Waals surface area contributed by atoms with Crippen LogP contribution in [0.15, 0.2) is 48.7 Å². The first-order chi connectivity index (χ1) is 19.0. The van der Waals surface area contributed by atoms with Crippen molar-refractivity contribution >= 4 is 39.9 Å². The molecular formula is C26H13ClF8N4O2. The van der Waals surface area contributed by atoms with Gasteiger partial charge in [-0.2, -0.15) is 36.7 Å². The maximum absolute atomic E-state index is 14.0. The predicted molar refractivity (Wildman–Crippen MR) is 129 cm³/mol. The lowest BCUT2D eigenvalue weighted by molar-refractivity contribution is -0.164. The van der Waals surface area contributed by atoms with Crippen molar-refractivity contribution in [2.45, 2.75) is 25.3 Å². The van der Waals surface area contributed by atoms with Crippen molar-refractivity contribution < 1.29 is 44.7 Å². The molecule has 0 aliphatic rings. The second kappa shape index (κ2) is 10.5. The molecule has 0 saturated carbocycles. The van der Waals surface area contributed by atoms with Crippen molar-refractivity contribution in [2.75, 3.05) is 5.32 Å². The lowest BCUT2D eigenvalue weighted by Crippen LogP contribution is -2.24. The molecule has 0 radical (unpaired) electrons. The van der Waals surface area contributed by atoms with E-state index in [1.807, 2.05) is 0 Å². The maximum atomic E-state index is 14.0. The quantitative estimate of drug-likeness (QED) is 0.190. The molecule has 4 aromatic rings. The molecule has 1 atom stereocenters. The Bertz CT molecular complexity index is 1760. The van der Waals surface area contributed by atoms with Gasteiger partial charge in [0, 0.05) is 16.5 Å². The summed E-state index contributed by atoms with van der Waals surface area (Å²) in [6, 6.07) is 3.77.